The summed E-state index contributed by atoms with van der Waals surface area (Å²) >= 11 is 3.72. The number of hydrogen-bond donors (Lipinski definition) is 2. The zero-order valence-corrected chi connectivity index (χ0v) is 30.4. The van der Waals surface area contributed by atoms with Crippen LogP contribution in [0.1, 0.15) is 44.8 Å². The first-order valence-corrected chi connectivity index (χ1v) is 18.3. The molecule has 11 heteroatoms. The second-order valence-electron chi connectivity index (χ2n) is 13.7. The molecule has 1 spiro atoms. The molecule has 3 aliphatic heterocycles. The summed E-state index contributed by atoms with van der Waals surface area (Å²) in [5.41, 5.74) is -0.0760. The molecule has 3 aromatic carbocycles. The zero-order valence-electron chi connectivity index (χ0n) is 28.8. The molecule has 3 heterocycles. The predicted octanol–water partition coefficient (Wildman–Crippen LogP) is 5.24. The number of hydrogen-bond acceptors (Lipinski definition) is 7. The largest absolute Gasteiger partial charge is 0.455 e. The third kappa shape index (κ3) is 6.63. The van der Waals surface area contributed by atoms with Crippen molar-refractivity contribution < 1.29 is 33.8 Å². The van der Waals surface area contributed by atoms with Gasteiger partial charge in [0.05, 0.1) is 36.6 Å². The van der Waals surface area contributed by atoms with Crippen molar-refractivity contribution in [2.45, 2.75) is 73.9 Å². The minimum Gasteiger partial charge on any atom is -0.455 e. The quantitative estimate of drug-likeness (QED) is 0.131. The number of anilines is 1. The normalized spacial score (nSPS) is 26.6. The van der Waals surface area contributed by atoms with Crippen LogP contribution in [0.15, 0.2) is 98.1 Å². The van der Waals surface area contributed by atoms with Gasteiger partial charge in [0.1, 0.15) is 17.7 Å². The number of alkyl halides is 1. The van der Waals surface area contributed by atoms with E-state index >= 15 is 0 Å². The van der Waals surface area contributed by atoms with Crippen LogP contribution in [0.3, 0.4) is 0 Å². The van der Waals surface area contributed by atoms with Gasteiger partial charge in [-0.3, -0.25) is 19.2 Å². The fraction of sp³-hybridized carbons (Fsp3) is 0.400. The number of rotatable bonds is 14. The second-order valence-corrected chi connectivity index (χ2v) is 14.8. The Balaban J connectivity index is 1.36. The third-order valence-electron chi connectivity index (χ3n) is 10.4. The highest BCUT2D eigenvalue weighted by Crippen LogP contribution is 2.61. The Morgan fingerprint density at radius 1 is 1.08 bits per heavy atom. The number of amides is 3. The molecule has 0 aromatic heterocycles. The van der Waals surface area contributed by atoms with Crippen molar-refractivity contribution in [3.63, 3.8) is 0 Å². The lowest BCUT2D eigenvalue weighted by molar-refractivity contribution is -0.162. The van der Waals surface area contributed by atoms with Crippen LogP contribution in [-0.4, -0.2) is 81.5 Å². The maximum absolute atomic E-state index is 14.9. The van der Waals surface area contributed by atoms with Crippen molar-refractivity contribution in [2.24, 2.45) is 11.8 Å². The summed E-state index contributed by atoms with van der Waals surface area (Å²) in [6, 6.07) is 20.2. The number of carbonyl (C=O) groups is 4. The van der Waals surface area contributed by atoms with Gasteiger partial charge in [-0.2, -0.15) is 0 Å². The van der Waals surface area contributed by atoms with Gasteiger partial charge in [0.25, 0.3) is 5.91 Å². The summed E-state index contributed by atoms with van der Waals surface area (Å²) in [7, 11) is 0. The van der Waals surface area contributed by atoms with Gasteiger partial charge in [-0.15, -0.1) is 13.2 Å². The number of aliphatic hydroxyl groups is 1. The molecule has 3 aliphatic rings. The van der Waals surface area contributed by atoms with E-state index in [-0.39, 0.29) is 23.7 Å². The molecule has 0 radical (unpaired) electrons. The molecule has 2 bridgehead atoms. The molecule has 0 saturated carbocycles. The fourth-order valence-corrected chi connectivity index (χ4v) is 9.01. The second kappa shape index (κ2) is 15.1. The standard InChI is InChI=1S/C40H44BrN3O7/c1-5-7-17-31(46)42-25(4)34(27-14-9-8-10-15-27)50-39(49)32-33-37(47)44(24(3)23-45)36(40(33)22-30(41)35(32)51-40)38(48)43(20-6-2)29-19-18-26-13-11-12-16-28(26)21-29/h5-6,8-16,18-19,21,24-25,30,32-36,45H,1-2,7,17,20,22-23H2,3-4H3,(H,42,46)/t24-,25-,30?,32+,33-,34-,35+,36+,40-/m1/s1. The number of ether oxygens (including phenoxy) is 2. The van der Waals surface area contributed by atoms with Crippen molar-refractivity contribution in [1.82, 2.24) is 10.2 Å². The maximum atomic E-state index is 14.9. The first-order valence-electron chi connectivity index (χ1n) is 17.4. The lowest BCUT2D eigenvalue weighted by atomic mass is 9.70. The van der Waals surface area contributed by atoms with Gasteiger partial charge in [-0.05, 0) is 55.2 Å². The van der Waals surface area contributed by atoms with Gasteiger partial charge >= 0.3 is 5.97 Å². The van der Waals surface area contributed by atoms with Crippen molar-refractivity contribution >= 4 is 56.1 Å². The summed E-state index contributed by atoms with van der Waals surface area (Å²) in [6.07, 6.45) is 2.70. The number of fused-ring (bicyclic) bond motifs is 2. The first-order chi connectivity index (χ1) is 24.6. The number of halogens is 1. The van der Waals surface area contributed by atoms with Gasteiger partial charge < -0.3 is 29.7 Å². The average Bonchev–Trinajstić information content (AvgIpc) is 3.74. The topological polar surface area (TPSA) is 125 Å². The smallest absolute Gasteiger partial charge is 0.313 e. The summed E-state index contributed by atoms with van der Waals surface area (Å²) in [6.45, 7) is 10.8. The molecule has 10 nitrogen and oxygen atoms in total. The van der Waals surface area contributed by atoms with E-state index in [1.807, 2.05) is 72.8 Å². The number of nitrogens with one attached hydrogen (secondary N) is 1. The van der Waals surface area contributed by atoms with Gasteiger partial charge in [0, 0.05) is 23.5 Å². The Morgan fingerprint density at radius 3 is 2.47 bits per heavy atom. The van der Waals surface area contributed by atoms with Crippen molar-refractivity contribution in [3.05, 3.63) is 104 Å². The third-order valence-corrected chi connectivity index (χ3v) is 11.2. The molecule has 268 valence electrons. The average molecular weight is 759 g/mol. The van der Waals surface area contributed by atoms with E-state index in [0.29, 0.717) is 24.1 Å². The van der Waals surface area contributed by atoms with Crippen LogP contribution in [0.5, 0.6) is 0 Å². The lowest BCUT2D eigenvalue weighted by Crippen LogP contribution is -2.58. The summed E-state index contributed by atoms with van der Waals surface area (Å²) < 4.78 is 13.0. The van der Waals surface area contributed by atoms with E-state index in [2.05, 4.69) is 34.4 Å². The van der Waals surface area contributed by atoms with E-state index in [1.54, 1.807) is 30.9 Å². The molecule has 3 aromatic rings. The monoisotopic (exact) mass is 757 g/mol. The Hall–Kier alpha value is -4.32. The molecular formula is C40H44BrN3O7. The highest BCUT2D eigenvalue weighted by atomic mass is 79.9. The number of carbonyl (C=O) groups excluding carboxylic acids is 4. The number of esters is 1. The van der Waals surface area contributed by atoms with E-state index in [9.17, 15) is 24.3 Å². The molecule has 9 atom stereocenters. The van der Waals surface area contributed by atoms with Gasteiger partial charge in [-0.1, -0.05) is 88.7 Å². The maximum Gasteiger partial charge on any atom is 0.313 e. The molecule has 51 heavy (non-hydrogen) atoms. The molecule has 0 aliphatic carbocycles. The van der Waals surface area contributed by atoms with Gasteiger partial charge in [0.15, 0.2) is 0 Å². The molecule has 1 unspecified atom stereocenters. The van der Waals surface area contributed by atoms with E-state index in [1.165, 1.54) is 4.90 Å². The fourth-order valence-electron chi connectivity index (χ4n) is 8.06. The van der Waals surface area contributed by atoms with Crippen LogP contribution in [0.2, 0.25) is 0 Å². The van der Waals surface area contributed by atoms with Crippen molar-refractivity contribution in [1.29, 1.82) is 0 Å². The molecular weight excluding hydrogens is 714 g/mol. The number of aliphatic hydroxyl groups excluding tert-OH is 1. The van der Waals surface area contributed by atoms with E-state index in [0.717, 1.165) is 10.8 Å². The minimum atomic E-state index is -1.37. The molecule has 3 amide bonds. The SMILES string of the molecule is C=CCCC(=O)N[C@H](C)[C@@H](OC(=O)[C@@H]1[C@H]2O[C@@]3(CC2Br)[C@H](C(=O)N(CC=C)c2ccc4ccccc4c2)N([C@H](C)CO)C(=O)[C@@H]13)c1ccccc1. The summed E-state index contributed by atoms with van der Waals surface area (Å²) in [5.74, 6) is -3.80. The Bertz CT molecular complexity index is 1820. The van der Waals surface area contributed by atoms with Crippen molar-refractivity contribution in [3.8, 4) is 0 Å². The Morgan fingerprint density at radius 2 is 1.78 bits per heavy atom. The van der Waals surface area contributed by atoms with Crippen molar-refractivity contribution in [2.75, 3.05) is 18.1 Å². The Labute approximate surface area is 306 Å². The highest BCUT2D eigenvalue weighted by molar-refractivity contribution is 9.09. The highest BCUT2D eigenvalue weighted by Gasteiger charge is 2.77. The van der Waals surface area contributed by atoms with Crippen LogP contribution >= 0.6 is 15.9 Å². The van der Waals surface area contributed by atoms with Crippen LogP contribution in [0, 0.1) is 11.8 Å². The summed E-state index contributed by atoms with van der Waals surface area (Å²) in [5, 5.41) is 15.3. The molecule has 6 rings (SSSR count). The predicted molar refractivity (Wildman–Crippen MR) is 198 cm³/mol. The number of allylic oxidation sites excluding steroid dienone is 1. The molecule has 3 fully saturated rings. The molecule has 3 saturated heterocycles. The van der Waals surface area contributed by atoms with Crippen LogP contribution in [0.25, 0.3) is 10.8 Å². The Kier molecular flexibility index (Phi) is 10.8. The van der Waals surface area contributed by atoms with Crippen LogP contribution in [-0.2, 0) is 28.7 Å². The number of likely N-dealkylation sites (tertiary alicyclic amines) is 1. The zero-order chi connectivity index (χ0) is 36.4. The number of benzene rings is 3. The molecule has 2 N–H and O–H groups in total. The summed E-state index contributed by atoms with van der Waals surface area (Å²) in [4.78, 5) is 59.3. The van der Waals surface area contributed by atoms with E-state index < -0.39 is 72.2 Å². The number of nitrogens with zero attached hydrogens (tertiary/aromatic N) is 2. The lowest BCUT2D eigenvalue weighted by Gasteiger charge is -2.38. The van der Waals surface area contributed by atoms with Crippen LogP contribution < -0.4 is 10.2 Å². The van der Waals surface area contributed by atoms with Gasteiger partial charge in [-0.25, -0.2) is 0 Å². The van der Waals surface area contributed by atoms with E-state index in [4.69, 9.17) is 9.47 Å². The first kappa shape index (κ1) is 36.5. The van der Waals surface area contributed by atoms with Crippen LogP contribution in [0.4, 0.5) is 5.69 Å². The van der Waals surface area contributed by atoms with Gasteiger partial charge in [0.2, 0.25) is 11.8 Å². The minimum absolute atomic E-state index is 0.158.